The number of amides is 2. The lowest BCUT2D eigenvalue weighted by molar-refractivity contribution is -0.871. The highest BCUT2D eigenvalue weighted by Crippen LogP contribution is 2.20. The van der Waals surface area contributed by atoms with Gasteiger partial charge in [-0.15, -0.1) is 0 Å². The maximum Gasteiger partial charge on any atom is 0.498 e. The van der Waals surface area contributed by atoms with E-state index in [9.17, 15) is 27.6 Å². The minimum atomic E-state index is -5.10. The number of nitrogens with zero attached hydrogens (tertiary/aromatic N) is 3. The van der Waals surface area contributed by atoms with E-state index >= 15 is 0 Å². The Morgan fingerprint density at radius 3 is 2.34 bits per heavy atom. The SMILES string of the molecule is NC(=O)c1cccc2cn(-c3ccc(C(=O)NCc4cc[n+](OC(=O)C(F)(F)F)cc4)cc3)nc12. The van der Waals surface area contributed by atoms with Crippen LogP contribution in [0.2, 0.25) is 0 Å². The number of primary amides is 1. The first-order valence-electron chi connectivity index (χ1n) is 10.1. The molecule has 2 heterocycles. The highest BCUT2D eigenvalue weighted by atomic mass is 19.4. The fourth-order valence-corrected chi connectivity index (χ4v) is 3.20. The molecule has 0 saturated carbocycles. The van der Waals surface area contributed by atoms with Gasteiger partial charge in [0, 0.05) is 40.6 Å². The van der Waals surface area contributed by atoms with Crippen molar-refractivity contribution in [3.8, 4) is 5.69 Å². The second-order valence-electron chi connectivity index (χ2n) is 7.35. The van der Waals surface area contributed by atoms with Gasteiger partial charge < -0.3 is 11.1 Å². The third-order valence-corrected chi connectivity index (χ3v) is 4.94. The van der Waals surface area contributed by atoms with E-state index in [-0.39, 0.29) is 12.5 Å². The number of halogens is 3. The molecular weight excluding hydrogens is 467 g/mol. The molecule has 2 aromatic heterocycles. The number of pyridine rings is 1. The predicted octanol–water partition coefficient (Wildman–Crippen LogP) is 1.86. The molecule has 12 heteroatoms. The summed E-state index contributed by atoms with van der Waals surface area (Å²) < 4.78 is 38.9. The third kappa shape index (κ3) is 5.27. The standard InChI is InChI=1S/C23H16F3N5O4/c24-23(25,26)22(34)35-30-10-8-14(9-11-30)12-28-21(33)15-4-6-17(7-5-15)31-13-16-2-1-3-18(20(27)32)19(16)29-31/h1-11,13H,12H2,(H2-,27,28,32,33)/p+1. The van der Waals surface area contributed by atoms with Crippen molar-refractivity contribution in [1.82, 2.24) is 15.1 Å². The smallest absolute Gasteiger partial charge is 0.366 e. The molecule has 3 N–H and O–H groups in total. The van der Waals surface area contributed by atoms with Crippen LogP contribution in [0.1, 0.15) is 26.3 Å². The lowest BCUT2D eigenvalue weighted by Gasteiger charge is -2.06. The molecule has 0 aliphatic carbocycles. The summed E-state index contributed by atoms with van der Waals surface area (Å²) >= 11 is 0. The Bertz CT molecular complexity index is 1410. The zero-order chi connectivity index (χ0) is 25.2. The maximum absolute atomic E-state index is 12.5. The summed E-state index contributed by atoms with van der Waals surface area (Å²) in [4.78, 5) is 39.1. The average molecular weight is 484 g/mol. The fraction of sp³-hybridized carbons (Fsp3) is 0.0870. The van der Waals surface area contributed by atoms with Gasteiger partial charge in [0.2, 0.25) is 12.4 Å². The number of alkyl halides is 3. The number of hydrogen-bond donors (Lipinski definition) is 2. The summed E-state index contributed by atoms with van der Waals surface area (Å²) in [5.41, 5.74) is 7.78. The Labute approximate surface area is 195 Å². The van der Waals surface area contributed by atoms with Crippen LogP contribution in [0.5, 0.6) is 0 Å². The van der Waals surface area contributed by atoms with Gasteiger partial charge in [0.15, 0.2) is 0 Å². The molecule has 35 heavy (non-hydrogen) atoms. The Kier molecular flexibility index (Phi) is 6.19. The topological polar surface area (TPSA) is 120 Å². The number of hydrogen-bond acceptors (Lipinski definition) is 5. The molecule has 0 aliphatic heterocycles. The minimum Gasteiger partial charge on any atom is -0.366 e. The number of fused-ring (bicyclic) bond motifs is 1. The van der Waals surface area contributed by atoms with Gasteiger partial charge in [-0.25, -0.2) is 9.48 Å². The molecule has 2 amide bonds. The summed E-state index contributed by atoms with van der Waals surface area (Å²) in [6.07, 6.45) is -1.12. The molecule has 0 saturated heterocycles. The quantitative estimate of drug-likeness (QED) is 0.405. The van der Waals surface area contributed by atoms with Crippen molar-refractivity contribution in [2.75, 3.05) is 0 Å². The first-order valence-corrected chi connectivity index (χ1v) is 10.1. The minimum absolute atomic E-state index is 0.0923. The van der Waals surface area contributed by atoms with Crippen molar-refractivity contribution < 1.29 is 37.1 Å². The number of carbonyl (C=O) groups is 3. The van der Waals surface area contributed by atoms with E-state index in [0.29, 0.717) is 32.6 Å². The summed E-state index contributed by atoms with van der Waals surface area (Å²) in [5.74, 6) is -3.30. The van der Waals surface area contributed by atoms with Gasteiger partial charge in [0.25, 0.3) is 11.8 Å². The maximum atomic E-state index is 12.5. The van der Waals surface area contributed by atoms with Crippen molar-refractivity contribution in [2.45, 2.75) is 12.7 Å². The van der Waals surface area contributed by atoms with Crippen molar-refractivity contribution >= 4 is 28.7 Å². The van der Waals surface area contributed by atoms with Crippen LogP contribution in [-0.2, 0) is 11.3 Å². The summed E-state index contributed by atoms with van der Waals surface area (Å²) in [5, 5.41) is 7.84. The zero-order valence-electron chi connectivity index (χ0n) is 17.8. The molecule has 0 bridgehead atoms. The van der Waals surface area contributed by atoms with Crippen molar-refractivity contribution in [1.29, 1.82) is 0 Å². The van der Waals surface area contributed by atoms with Crippen LogP contribution >= 0.6 is 0 Å². The molecule has 0 spiro atoms. The molecule has 0 fully saturated rings. The summed E-state index contributed by atoms with van der Waals surface area (Å²) in [7, 11) is 0. The van der Waals surface area contributed by atoms with E-state index in [1.807, 2.05) is 0 Å². The number of rotatable bonds is 6. The van der Waals surface area contributed by atoms with E-state index in [1.54, 1.807) is 53.3 Å². The highest BCUT2D eigenvalue weighted by Gasteiger charge is 2.44. The Morgan fingerprint density at radius 2 is 1.71 bits per heavy atom. The number of benzene rings is 2. The first-order chi connectivity index (χ1) is 16.6. The molecule has 2 aromatic carbocycles. The van der Waals surface area contributed by atoms with Crippen molar-refractivity contribution in [2.24, 2.45) is 5.73 Å². The van der Waals surface area contributed by atoms with Gasteiger partial charge in [-0.1, -0.05) is 12.1 Å². The first kappa shape index (κ1) is 23.4. The summed E-state index contributed by atoms with van der Waals surface area (Å²) in [6, 6.07) is 14.5. The average Bonchev–Trinajstić information content (AvgIpc) is 3.27. The van der Waals surface area contributed by atoms with E-state index in [1.165, 1.54) is 12.1 Å². The van der Waals surface area contributed by atoms with Gasteiger partial charge in [-0.05, 0) is 35.9 Å². The summed E-state index contributed by atoms with van der Waals surface area (Å²) in [6.45, 7) is 0.0923. The van der Waals surface area contributed by atoms with Crippen LogP contribution in [0.15, 0.2) is 73.2 Å². The monoisotopic (exact) mass is 484 g/mol. The van der Waals surface area contributed by atoms with Crippen molar-refractivity contribution in [3.63, 3.8) is 0 Å². The van der Waals surface area contributed by atoms with Crippen LogP contribution < -0.4 is 20.6 Å². The predicted molar refractivity (Wildman–Crippen MR) is 115 cm³/mol. The van der Waals surface area contributed by atoms with Crippen LogP contribution in [-0.4, -0.2) is 33.7 Å². The second-order valence-corrected chi connectivity index (χ2v) is 7.35. The van der Waals surface area contributed by atoms with Crippen LogP contribution in [0.3, 0.4) is 0 Å². The van der Waals surface area contributed by atoms with Gasteiger partial charge in [-0.3, -0.25) is 9.59 Å². The van der Waals surface area contributed by atoms with E-state index in [4.69, 9.17) is 5.73 Å². The lowest BCUT2D eigenvalue weighted by Crippen LogP contribution is -2.49. The van der Waals surface area contributed by atoms with Gasteiger partial charge in [0.05, 0.1) is 11.3 Å². The van der Waals surface area contributed by atoms with E-state index in [2.05, 4.69) is 15.3 Å². The number of carbonyl (C=O) groups excluding carboxylic acids is 3. The molecule has 178 valence electrons. The third-order valence-electron chi connectivity index (χ3n) is 4.94. The van der Waals surface area contributed by atoms with E-state index in [0.717, 1.165) is 17.8 Å². The lowest BCUT2D eigenvalue weighted by atomic mass is 10.1. The Hall–Kier alpha value is -4.74. The number of nitrogens with one attached hydrogen (secondary N) is 1. The molecule has 4 rings (SSSR count). The van der Waals surface area contributed by atoms with Gasteiger partial charge in [0.1, 0.15) is 5.52 Å². The number of aromatic nitrogens is 3. The fourth-order valence-electron chi connectivity index (χ4n) is 3.20. The van der Waals surface area contributed by atoms with Crippen LogP contribution in [0, 0.1) is 0 Å². The molecular formula is C23H17F3N5O4+. The zero-order valence-corrected chi connectivity index (χ0v) is 17.8. The van der Waals surface area contributed by atoms with E-state index < -0.39 is 18.1 Å². The number of nitrogens with two attached hydrogens (primary N) is 1. The Morgan fingerprint density at radius 1 is 1.03 bits per heavy atom. The highest BCUT2D eigenvalue weighted by molar-refractivity contribution is 6.04. The van der Waals surface area contributed by atoms with Crippen molar-refractivity contribution in [3.05, 3.63) is 89.9 Å². The normalized spacial score (nSPS) is 11.3. The largest absolute Gasteiger partial charge is 0.498 e. The molecule has 0 unspecified atom stereocenters. The molecule has 0 radical (unpaired) electrons. The molecule has 0 atom stereocenters. The van der Waals surface area contributed by atoms with Crippen LogP contribution in [0.4, 0.5) is 13.2 Å². The van der Waals surface area contributed by atoms with Gasteiger partial charge >= 0.3 is 12.1 Å². The molecule has 0 aliphatic rings. The second kappa shape index (κ2) is 9.25. The van der Waals surface area contributed by atoms with Gasteiger partial charge in [-0.2, -0.15) is 23.1 Å². The van der Waals surface area contributed by atoms with Crippen LogP contribution in [0.25, 0.3) is 16.6 Å². The Balaban J connectivity index is 1.39. The molecule has 4 aromatic rings. The molecule has 9 nitrogen and oxygen atoms in total.